The van der Waals surface area contributed by atoms with Crippen LogP contribution >= 0.6 is 11.8 Å². The van der Waals surface area contributed by atoms with Gasteiger partial charge in [-0.15, -0.1) is 0 Å². The van der Waals surface area contributed by atoms with E-state index in [0.717, 1.165) is 35.1 Å². The van der Waals surface area contributed by atoms with Gasteiger partial charge in [0.2, 0.25) is 0 Å². The second kappa shape index (κ2) is 12.3. The van der Waals surface area contributed by atoms with Gasteiger partial charge in [-0.2, -0.15) is 0 Å². The van der Waals surface area contributed by atoms with Crippen LogP contribution in [0.2, 0.25) is 0 Å². The number of amidine groups is 1. The SMILES string of the molecule is COCCOC(=O)C1=C(C)N=C2SCCCN2C1c1ccc(NC(=O)Nc2ccc(C(C)C)cc2)cc1. The second-order valence-corrected chi connectivity index (χ2v) is 10.4. The van der Waals surface area contributed by atoms with E-state index in [9.17, 15) is 9.59 Å². The van der Waals surface area contributed by atoms with E-state index >= 15 is 0 Å². The second-order valence-electron chi connectivity index (χ2n) is 9.30. The number of esters is 1. The molecule has 1 unspecified atom stereocenters. The highest BCUT2D eigenvalue weighted by atomic mass is 32.2. The van der Waals surface area contributed by atoms with E-state index in [4.69, 9.17) is 14.5 Å². The molecule has 0 bridgehead atoms. The normalized spacial score (nSPS) is 17.3. The van der Waals surface area contributed by atoms with Crippen molar-refractivity contribution in [2.24, 2.45) is 4.99 Å². The van der Waals surface area contributed by atoms with Gasteiger partial charge in [-0.05, 0) is 54.7 Å². The van der Waals surface area contributed by atoms with Gasteiger partial charge in [-0.25, -0.2) is 14.6 Å². The molecule has 1 fully saturated rings. The van der Waals surface area contributed by atoms with E-state index in [1.807, 2.05) is 55.5 Å². The molecule has 0 radical (unpaired) electrons. The number of rotatable bonds is 8. The standard InChI is InChI=1S/C28H34N4O4S/c1-18(2)20-6-10-22(11-7-20)30-27(34)31-23-12-8-21(9-13-23)25-24(26(33)36-16-15-35-4)19(3)29-28-32(25)14-5-17-37-28/h6-13,18,25H,5,14-17H2,1-4H3,(H2,30,31,34). The van der Waals surface area contributed by atoms with Crippen molar-refractivity contribution in [2.45, 2.75) is 39.2 Å². The van der Waals surface area contributed by atoms with Crippen LogP contribution < -0.4 is 10.6 Å². The number of allylic oxidation sites excluding steroid dienone is 1. The number of hydrogen-bond donors (Lipinski definition) is 2. The fourth-order valence-electron chi connectivity index (χ4n) is 4.37. The van der Waals surface area contributed by atoms with Crippen LogP contribution in [0, 0.1) is 0 Å². The lowest BCUT2D eigenvalue weighted by Gasteiger charge is -2.40. The molecule has 1 atom stereocenters. The number of methoxy groups -OCH3 is 1. The summed E-state index contributed by atoms with van der Waals surface area (Å²) in [5.41, 5.74) is 4.73. The van der Waals surface area contributed by atoms with Crippen molar-refractivity contribution in [3.63, 3.8) is 0 Å². The topological polar surface area (TPSA) is 92.3 Å². The third kappa shape index (κ3) is 6.53. The molecule has 9 heteroatoms. The first-order valence-corrected chi connectivity index (χ1v) is 13.5. The number of ether oxygens (including phenoxy) is 2. The Morgan fingerprint density at radius 1 is 1.05 bits per heavy atom. The van der Waals surface area contributed by atoms with E-state index in [1.54, 1.807) is 18.9 Å². The van der Waals surface area contributed by atoms with Gasteiger partial charge in [0.1, 0.15) is 6.61 Å². The van der Waals surface area contributed by atoms with E-state index in [0.29, 0.717) is 29.5 Å². The molecule has 2 aromatic carbocycles. The highest BCUT2D eigenvalue weighted by Crippen LogP contribution is 2.40. The number of carbonyl (C=O) groups excluding carboxylic acids is 2. The van der Waals surface area contributed by atoms with Gasteiger partial charge in [-0.3, -0.25) is 0 Å². The number of aliphatic imine (C=N–C) groups is 1. The molecule has 2 amide bonds. The Labute approximate surface area is 222 Å². The van der Waals surface area contributed by atoms with Crippen molar-refractivity contribution >= 4 is 40.3 Å². The summed E-state index contributed by atoms with van der Waals surface area (Å²) in [5, 5.41) is 6.67. The molecule has 0 aromatic heterocycles. The number of hydrogen-bond acceptors (Lipinski definition) is 7. The zero-order valence-electron chi connectivity index (χ0n) is 21.7. The lowest BCUT2D eigenvalue weighted by molar-refractivity contribution is -0.141. The molecular weight excluding hydrogens is 488 g/mol. The quantitative estimate of drug-likeness (QED) is 0.338. The summed E-state index contributed by atoms with van der Waals surface area (Å²) in [7, 11) is 1.57. The van der Waals surface area contributed by atoms with Gasteiger partial charge in [0.25, 0.3) is 0 Å². The predicted molar refractivity (Wildman–Crippen MR) is 149 cm³/mol. The monoisotopic (exact) mass is 522 g/mol. The maximum Gasteiger partial charge on any atom is 0.338 e. The summed E-state index contributed by atoms with van der Waals surface area (Å²) in [5.74, 6) is 1.05. The van der Waals surface area contributed by atoms with Crippen molar-refractivity contribution in [1.29, 1.82) is 0 Å². The van der Waals surface area contributed by atoms with Gasteiger partial charge >= 0.3 is 12.0 Å². The Bertz CT molecular complexity index is 1180. The highest BCUT2D eigenvalue weighted by molar-refractivity contribution is 8.13. The van der Waals surface area contributed by atoms with Crippen LogP contribution in [-0.2, 0) is 14.3 Å². The van der Waals surface area contributed by atoms with Crippen LogP contribution in [0.3, 0.4) is 0 Å². The lowest BCUT2D eigenvalue weighted by atomic mass is 9.94. The third-order valence-electron chi connectivity index (χ3n) is 6.32. The number of anilines is 2. The van der Waals surface area contributed by atoms with Gasteiger partial charge in [-0.1, -0.05) is 49.9 Å². The molecule has 2 heterocycles. The lowest BCUT2D eigenvalue weighted by Crippen LogP contribution is -2.42. The number of thioether (sulfide) groups is 1. The van der Waals surface area contributed by atoms with Gasteiger partial charge in [0.05, 0.1) is 23.9 Å². The van der Waals surface area contributed by atoms with Crippen LogP contribution in [0.4, 0.5) is 16.2 Å². The minimum absolute atomic E-state index is 0.183. The Balaban J connectivity index is 1.49. The molecule has 2 N–H and O–H groups in total. The first-order chi connectivity index (χ1) is 17.9. The number of amides is 2. The molecule has 2 aliphatic rings. The van der Waals surface area contributed by atoms with Crippen molar-refractivity contribution in [3.05, 3.63) is 70.9 Å². The number of fused-ring (bicyclic) bond motifs is 1. The number of nitrogens with zero attached hydrogens (tertiary/aromatic N) is 2. The molecule has 2 aliphatic heterocycles. The fourth-order valence-corrected chi connectivity index (χ4v) is 5.39. The third-order valence-corrected chi connectivity index (χ3v) is 7.40. The molecule has 4 rings (SSSR count). The smallest absolute Gasteiger partial charge is 0.338 e. The van der Waals surface area contributed by atoms with E-state index in [2.05, 4.69) is 29.4 Å². The zero-order valence-corrected chi connectivity index (χ0v) is 22.6. The highest BCUT2D eigenvalue weighted by Gasteiger charge is 2.37. The molecule has 8 nitrogen and oxygen atoms in total. The molecule has 0 aliphatic carbocycles. The largest absolute Gasteiger partial charge is 0.460 e. The first-order valence-electron chi connectivity index (χ1n) is 12.5. The fraction of sp³-hybridized carbons (Fsp3) is 0.393. The van der Waals surface area contributed by atoms with E-state index in [-0.39, 0.29) is 24.6 Å². The van der Waals surface area contributed by atoms with Gasteiger partial charge in [0.15, 0.2) is 5.17 Å². The van der Waals surface area contributed by atoms with Crippen LogP contribution in [-0.4, -0.2) is 54.7 Å². The minimum atomic E-state index is -0.386. The summed E-state index contributed by atoms with van der Waals surface area (Å²) < 4.78 is 10.5. The molecule has 1 saturated heterocycles. The zero-order chi connectivity index (χ0) is 26.4. The minimum Gasteiger partial charge on any atom is -0.460 e. The average molecular weight is 523 g/mol. The first kappa shape index (κ1) is 26.8. The predicted octanol–water partition coefficient (Wildman–Crippen LogP) is 5.77. The Kier molecular flexibility index (Phi) is 8.89. The van der Waals surface area contributed by atoms with Crippen LogP contribution in [0.25, 0.3) is 0 Å². The molecule has 37 heavy (non-hydrogen) atoms. The Hall–Kier alpha value is -3.30. The van der Waals surface area contributed by atoms with Crippen molar-refractivity contribution in [1.82, 2.24) is 4.90 Å². The summed E-state index contributed by atoms with van der Waals surface area (Å²) in [6.07, 6.45) is 1.00. The molecule has 196 valence electrons. The Morgan fingerprint density at radius 2 is 1.70 bits per heavy atom. The van der Waals surface area contributed by atoms with Crippen LogP contribution in [0.1, 0.15) is 50.3 Å². The summed E-state index contributed by atoms with van der Waals surface area (Å²) in [6.45, 7) is 7.44. The van der Waals surface area contributed by atoms with Crippen LogP contribution in [0.5, 0.6) is 0 Å². The van der Waals surface area contributed by atoms with E-state index < -0.39 is 0 Å². The molecule has 0 spiro atoms. The molecular formula is C28H34N4O4S. The number of nitrogens with one attached hydrogen (secondary N) is 2. The van der Waals surface area contributed by atoms with Crippen molar-refractivity contribution in [3.8, 4) is 0 Å². The Morgan fingerprint density at radius 3 is 2.32 bits per heavy atom. The van der Waals surface area contributed by atoms with Crippen LogP contribution in [0.15, 0.2) is 64.8 Å². The van der Waals surface area contributed by atoms with Gasteiger partial charge in [0, 0.05) is 30.8 Å². The van der Waals surface area contributed by atoms with Gasteiger partial charge < -0.3 is 25.0 Å². The summed E-state index contributed by atoms with van der Waals surface area (Å²) in [4.78, 5) is 32.5. The number of carbonyl (C=O) groups is 2. The number of urea groups is 1. The summed E-state index contributed by atoms with van der Waals surface area (Å²) >= 11 is 1.70. The van der Waals surface area contributed by atoms with Crippen molar-refractivity contribution < 1.29 is 19.1 Å². The summed E-state index contributed by atoms with van der Waals surface area (Å²) in [6, 6.07) is 14.8. The maximum atomic E-state index is 13.1. The van der Waals surface area contributed by atoms with E-state index in [1.165, 1.54) is 5.56 Å². The maximum absolute atomic E-state index is 13.1. The average Bonchev–Trinajstić information content (AvgIpc) is 2.88. The molecule has 2 aromatic rings. The van der Waals surface area contributed by atoms with Crippen molar-refractivity contribution in [2.75, 3.05) is 43.3 Å². The molecule has 0 saturated carbocycles. The number of benzene rings is 2.